The number of aliphatic hydroxyl groups is 1. The number of ether oxygens (including phenoxy) is 5. The highest BCUT2D eigenvalue weighted by Crippen LogP contribution is 2.33. The van der Waals surface area contributed by atoms with Gasteiger partial charge >= 0.3 is 5.97 Å². The van der Waals surface area contributed by atoms with Crippen molar-refractivity contribution in [3.8, 4) is 0 Å². The third-order valence-electron chi connectivity index (χ3n) is 6.25. The molecule has 1 aliphatic rings. The number of methoxy groups -OCH3 is 1. The van der Waals surface area contributed by atoms with Crippen molar-refractivity contribution in [2.75, 3.05) is 13.7 Å². The first kappa shape index (κ1) is 27.7. The molecule has 1 heterocycles. The molecule has 200 valence electrons. The van der Waals surface area contributed by atoms with E-state index in [9.17, 15) is 9.90 Å². The van der Waals surface area contributed by atoms with Crippen LogP contribution in [-0.4, -0.2) is 55.3 Å². The standard InChI is InChI=1S/C31H34O7/c1-34-28(33)18-17-26(35-20-23-11-5-2-6-12-23)29(36-21-24-13-7-3-8-14-24)31(30-27(19-32)38-30)37-22-25-15-9-4-10-16-25/h2-18,26-27,29-32H,19-22H2,1H3/b18-17+/t26-,27+,29+,30-,31-/m1/s1. The molecule has 5 atom stereocenters. The van der Waals surface area contributed by atoms with E-state index in [0.29, 0.717) is 19.8 Å². The Labute approximate surface area is 223 Å². The van der Waals surface area contributed by atoms with Crippen LogP contribution in [0.4, 0.5) is 0 Å². The summed E-state index contributed by atoms with van der Waals surface area (Å²) in [6.07, 6.45) is 0.294. The van der Waals surface area contributed by atoms with Crippen LogP contribution in [0.5, 0.6) is 0 Å². The molecule has 7 nitrogen and oxygen atoms in total. The van der Waals surface area contributed by atoms with E-state index >= 15 is 0 Å². The van der Waals surface area contributed by atoms with Gasteiger partial charge in [0.15, 0.2) is 0 Å². The van der Waals surface area contributed by atoms with Gasteiger partial charge in [-0.2, -0.15) is 0 Å². The second kappa shape index (κ2) is 14.6. The fraction of sp³-hybridized carbons (Fsp3) is 0.323. The number of aliphatic hydroxyl groups excluding tert-OH is 1. The van der Waals surface area contributed by atoms with E-state index in [0.717, 1.165) is 16.7 Å². The lowest BCUT2D eigenvalue weighted by Gasteiger charge is -2.32. The zero-order valence-corrected chi connectivity index (χ0v) is 21.4. The van der Waals surface area contributed by atoms with Crippen LogP contribution in [0.1, 0.15) is 16.7 Å². The van der Waals surface area contributed by atoms with Crippen LogP contribution < -0.4 is 0 Å². The van der Waals surface area contributed by atoms with Gasteiger partial charge in [0.05, 0.1) is 33.5 Å². The van der Waals surface area contributed by atoms with Gasteiger partial charge in [0.1, 0.15) is 30.5 Å². The topological polar surface area (TPSA) is 86.8 Å². The number of rotatable bonds is 15. The Hall–Kier alpha value is -3.33. The SMILES string of the molecule is COC(=O)/C=C/[C@@H](OCc1ccccc1)[C@H](OCc1ccccc1)[C@@H](OCc1ccccc1)[C@@H]1O[C@H]1CO. The summed E-state index contributed by atoms with van der Waals surface area (Å²) in [6.45, 7) is 0.780. The lowest BCUT2D eigenvalue weighted by molar-refractivity contribution is -0.145. The first-order chi connectivity index (χ1) is 18.7. The van der Waals surface area contributed by atoms with Crippen molar-refractivity contribution in [1.82, 2.24) is 0 Å². The van der Waals surface area contributed by atoms with Crippen LogP contribution >= 0.6 is 0 Å². The smallest absolute Gasteiger partial charge is 0.330 e. The summed E-state index contributed by atoms with van der Waals surface area (Å²) < 4.78 is 29.8. The third kappa shape index (κ3) is 8.34. The summed E-state index contributed by atoms with van der Waals surface area (Å²) >= 11 is 0. The first-order valence-corrected chi connectivity index (χ1v) is 12.7. The highest BCUT2D eigenvalue weighted by molar-refractivity contribution is 5.81. The predicted octanol–water partition coefficient (Wildman–Crippen LogP) is 4.23. The van der Waals surface area contributed by atoms with Crippen molar-refractivity contribution in [3.63, 3.8) is 0 Å². The molecule has 3 aromatic carbocycles. The first-order valence-electron chi connectivity index (χ1n) is 12.7. The maximum Gasteiger partial charge on any atom is 0.330 e. The molecule has 3 aromatic rings. The van der Waals surface area contributed by atoms with Crippen LogP contribution in [0.25, 0.3) is 0 Å². The highest BCUT2D eigenvalue weighted by atomic mass is 16.6. The zero-order valence-electron chi connectivity index (χ0n) is 21.4. The maximum absolute atomic E-state index is 12.0. The van der Waals surface area contributed by atoms with Crippen LogP contribution in [0.15, 0.2) is 103 Å². The molecule has 0 spiro atoms. The molecule has 0 saturated carbocycles. The highest BCUT2D eigenvalue weighted by Gasteiger charge is 2.50. The average molecular weight is 519 g/mol. The third-order valence-corrected chi connectivity index (χ3v) is 6.25. The number of carbonyl (C=O) groups is 1. The number of benzene rings is 3. The molecule has 1 fully saturated rings. The molecule has 38 heavy (non-hydrogen) atoms. The molecule has 4 rings (SSSR count). The molecule has 0 aliphatic carbocycles. The van der Waals surface area contributed by atoms with Crippen LogP contribution in [-0.2, 0) is 48.3 Å². The zero-order chi connectivity index (χ0) is 26.6. The Morgan fingerprint density at radius 3 is 1.79 bits per heavy atom. The van der Waals surface area contributed by atoms with Crippen molar-refractivity contribution < 1.29 is 33.6 Å². The van der Waals surface area contributed by atoms with Crippen LogP contribution in [0, 0.1) is 0 Å². The quantitative estimate of drug-likeness (QED) is 0.183. The maximum atomic E-state index is 12.0. The normalized spacial score (nSPS) is 19.1. The van der Waals surface area contributed by atoms with E-state index in [-0.39, 0.29) is 18.8 Å². The van der Waals surface area contributed by atoms with Crippen molar-refractivity contribution in [1.29, 1.82) is 0 Å². The average Bonchev–Trinajstić information content (AvgIpc) is 3.76. The van der Waals surface area contributed by atoms with Crippen molar-refractivity contribution in [2.45, 2.75) is 50.3 Å². The molecule has 0 aromatic heterocycles. The molecule has 0 unspecified atom stereocenters. The minimum absolute atomic E-state index is 0.130. The number of epoxide rings is 1. The van der Waals surface area contributed by atoms with Crippen molar-refractivity contribution >= 4 is 5.97 Å². The summed E-state index contributed by atoms with van der Waals surface area (Å²) in [5, 5.41) is 9.77. The monoisotopic (exact) mass is 518 g/mol. The lowest BCUT2D eigenvalue weighted by Crippen LogP contribution is -2.45. The predicted molar refractivity (Wildman–Crippen MR) is 142 cm³/mol. The van der Waals surface area contributed by atoms with Gasteiger partial charge in [0.25, 0.3) is 0 Å². The fourth-order valence-electron chi connectivity index (χ4n) is 4.15. The Balaban J connectivity index is 1.62. The molecule has 1 saturated heterocycles. The molecule has 1 aliphatic heterocycles. The number of esters is 1. The van der Waals surface area contributed by atoms with E-state index in [1.165, 1.54) is 13.2 Å². The van der Waals surface area contributed by atoms with Gasteiger partial charge in [-0.05, 0) is 22.8 Å². The van der Waals surface area contributed by atoms with Crippen LogP contribution in [0.2, 0.25) is 0 Å². The summed E-state index contributed by atoms with van der Waals surface area (Å²) in [5.41, 5.74) is 2.95. The minimum atomic E-state index is -0.678. The summed E-state index contributed by atoms with van der Waals surface area (Å²) in [6, 6.07) is 29.4. The van der Waals surface area contributed by atoms with Gasteiger partial charge < -0.3 is 28.8 Å². The van der Waals surface area contributed by atoms with E-state index in [2.05, 4.69) is 0 Å². The van der Waals surface area contributed by atoms with E-state index in [1.54, 1.807) is 6.08 Å². The second-order valence-electron chi connectivity index (χ2n) is 8.99. The van der Waals surface area contributed by atoms with Crippen molar-refractivity contribution in [2.24, 2.45) is 0 Å². The Morgan fingerprint density at radius 2 is 1.32 bits per heavy atom. The molecule has 7 heteroatoms. The molecule has 0 amide bonds. The Morgan fingerprint density at radius 1 is 0.816 bits per heavy atom. The summed E-state index contributed by atoms with van der Waals surface area (Å²) in [7, 11) is 1.32. The summed E-state index contributed by atoms with van der Waals surface area (Å²) in [5.74, 6) is -0.502. The fourth-order valence-corrected chi connectivity index (χ4v) is 4.15. The van der Waals surface area contributed by atoms with Crippen LogP contribution in [0.3, 0.4) is 0 Å². The van der Waals surface area contributed by atoms with Crippen molar-refractivity contribution in [3.05, 3.63) is 120 Å². The lowest BCUT2D eigenvalue weighted by atomic mass is 10.0. The summed E-state index contributed by atoms with van der Waals surface area (Å²) in [4.78, 5) is 12.0. The molecule has 0 radical (unpaired) electrons. The van der Waals surface area contributed by atoms with E-state index < -0.39 is 24.3 Å². The molecular weight excluding hydrogens is 484 g/mol. The van der Waals surface area contributed by atoms with E-state index in [4.69, 9.17) is 23.7 Å². The number of carbonyl (C=O) groups excluding carboxylic acids is 1. The second-order valence-corrected chi connectivity index (χ2v) is 8.99. The minimum Gasteiger partial charge on any atom is -0.466 e. The van der Waals surface area contributed by atoms with Gasteiger partial charge in [0, 0.05) is 6.08 Å². The van der Waals surface area contributed by atoms with Gasteiger partial charge in [-0.25, -0.2) is 4.79 Å². The molecule has 0 bridgehead atoms. The van der Waals surface area contributed by atoms with Gasteiger partial charge in [0.2, 0.25) is 0 Å². The number of hydrogen-bond donors (Lipinski definition) is 1. The van der Waals surface area contributed by atoms with Gasteiger partial charge in [-0.15, -0.1) is 0 Å². The van der Waals surface area contributed by atoms with Gasteiger partial charge in [-0.1, -0.05) is 91.0 Å². The van der Waals surface area contributed by atoms with Gasteiger partial charge in [-0.3, -0.25) is 0 Å². The Kier molecular flexibility index (Phi) is 10.6. The van der Waals surface area contributed by atoms with E-state index in [1.807, 2.05) is 91.0 Å². The molecule has 1 N–H and O–H groups in total. The Bertz CT molecular complexity index is 1120. The largest absolute Gasteiger partial charge is 0.466 e. The number of hydrogen-bond acceptors (Lipinski definition) is 7. The molecular formula is C31H34O7.